The molecule has 3 rings (SSSR count). The van der Waals surface area contributed by atoms with Gasteiger partial charge >= 0.3 is 0 Å². The fraction of sp³-hybridized carbons (Fsp3) is 0.176. The lowest BCUT2D eigenvalue weighted by atomic mass is 10.2. The van der Waals surface area contributed by atoms with Crippen LogP contribution in [0.3, 0.4) is 0 Å². The Morgan fingerprint density at radius 3 is 2.65 bits per heavy atom. The van der Waals surface area contributed by atoms with Crippen LogP contribution in [0.15, 0.2) is 53.8 Å². The third kappa shape index (κ3) is 3.53. The maximum atomic E-state index is 12.4. The number of fused-ring (bicyclic) bond motifs is 1. The number of hydroxylamine groups is 1. The van der Waals surface area contributed by atoms with E-state index in [4.69, 9.17) is 9.57 Å². The molecule has 0 radical (unpaired) electrons. The first-order valence-corrected chi connectivity index (χ1v) is 9.52. The molecule has 2 aromatic heterocycles. The molecule has 9 heteroatoms. The van der Waals surface area contributed by atoms with Gasteiger partial charge in [-0.05, 0) is 18.2 Å². The Morgan fingerprint density at radius 2 is 1.92 bits per heavy atom. The lowest BCUT2D eigenvalue weighted by Gasteiger charge is -2.08. The van der Waals surface area contributed by atoms with Crippen molar-refractivity contribution in [3.05, 3.63) is 59.9 Å². The summed E-state index contributed by atoms with van der Waals surface area (Å²) in [5.74, 6) is -0.00736. The average Bonchev–Trinajstić information content (AvgIpc) is 3.02. The van der Waals surface area contributed by atoms with Gasteiger partial charge in [0.1, 0.15) is 12.4 Å². The topological polar surface area (TPSA) is 99.0 Å². The van der Waals surface area contributed by atoms with E-state index >= 15 is 0 Å². The van der Waals surface area contributed by atoms with Crippen molar-refractivity contribution in [2.75, 3.05) is 13.4 Å². The minimum absolute atomic E-state index is 0.0361. The molecule has 0 unspecified atom stereocenters. The van der Waals surface area contributed by atoms with Crippen molar-refractivity contribution in [1.82, 2.24) is 14.9 Å². The van der Waals surface area contributed by atoms with Crippen molar-refractivity contribution in [3.8, 4) is 5.75 Å². The number of benzene rings is 1. The fourth-order valence-electron chi connectivity index (χ4n) is 2.49. The number of ether oxygens (including phenoxy) is 1. The monoisotopic (exact) mass is 375 g/mol. The van der Waals surface area contributed by atoms with E-state index < -0.39 is 15.7 Å². The quantitative estimate of drug-likeness (QED) is 0.657. The third-order valence-electron chi connectivity index (χ3n) is 3.65. The van der Waals surface area contributed by atoms with Crippen LogP contribution in [0, 0.1) is 0 Å². The molecule has 0 saturated heterocycles. The predicted molar refractivity (Wildman–Crippen MR) is 93.6 cm³/mol. The van der Waals surface area contributed by atoms with Crippen LogP contribution in [0.4, 0.5) is 0 Å². The number of amides is 1. The number of sulfone groups is 1. The molecular weight excluding hydrogens is 358 g/mol. The first-order chi connectivity index (χ1) is 12.4. The zero-order valence-electron chi connectivity index (χ0n) is 14.2. The lowest BCUT2D eigenvalue weighted by Crippen LogP contribution is -2.24. The van der Waals surface area contributed by atoms with Crippen molar-refractivity contribution < 1.29 is 22.8 Å². The molecule has 1 aromatic carbocycles. The highest BCUT2D eigenvalue weighted by Gasteiger charge is 2.22. The van der Waals surface area contributed by atoms with Gasteiger partial charge in [-0.25, -0.2) is 18.9 Å². The molecule has 0 aliphatic rings. The number of rotatable bonds is 6. The Labute approximate surface area is 150 Å². The maximum absolute atomic E-state index is 12.4. The normalized spacial score (nSPS) is 11.5. The second-order valence-corrected chi connectivity index (χ2v) is 7.41. The van der Waals surface area contributed by atoms with Crippen LogP contribution in [0.1, 0.15) is 16.1 Å². The summed E-state index contributed by atoms with van der Waals surface area (Å²) in [6.45, 7) is 0.0838. The van der Waals surface area contributed by atoms with Gasteiger partial charge in [-0.15, -0.1) is 0 Å². The van der Waals surface area contributed by atoms with Gasteiger partial charge in [-0.2, -0.15) is 0 Å². The number of nitrogens with one attached hydrogen (secondary N) is 1. The third-order valence-corrected chi connectivity index (χ3v) is 4.60. The zero-order valence-corrected chi connectivity index (χ0v) is 15.0. The van der Waals surface area contributed by atoms with E-state index in [1.165, 1.54) is 10.6 Å². The number of para-hydroxylation sites is 1. The number of nitrogens with zero attached hydrogens (tertiary/aromatic N) is 2. The zero-order chi connectivity index (χ0) is 18.7. The minimum atomic E-state index is -3.60. The van der Waals surface area contributed by atoms with E-state index in [1.54, 1.807) is 37.4 Å². The summed E-state index contributed by atoms with van der Waals surface area (Å²) in [5.41, 5.74) is 3.37. The molecule has 2 heterocycles. The maximum Gasteiger partial charge on any atom is 0.295 e. The summed E-state index contributed by atoms with van der Waals surface area (Å²) in [7, 11) is -2.06. The van der Waals surface area contributed by atoms with E-state index in [2.05, 4.69) is 10.5 Å². The molecule has 0 aliphatic carbocycles. The van der Waals surface area contributed by atoms with Gasteiger partial charge in [-0.1, -0.05) is 24.3 Å². The minimum Gasteiger partial charge on any atom is -0.496 e. The predicted octanol–water partition coefficient (Wildman–Crippen LogP) is 1.61. The van der Waals surface area contributed by atoms with Gasteiger partial charge < -0.3 is 4.74 Å². The molecule has 0 fully saturated rings. The molecule has 0 saturated carbocycles. The number of imidazole rings is 1. The second-order valence-electron chi connectivity index (χ2n) is 5.50. The van der Waals surface area contributed by atoms with Crippen molar-refractivity contribution >= 4 is 21.3 Å². The Morgan fingerprint density at radius 1 is 1.19 bits per heavy atom. The van der Waals surface area contributed by atoms with E-state index in [9.17, 15) is 13.2 Å². The van der Waals surface area contributed by atoms with Crippen LogP contribution in [0.25, 0.3) is 5.52 Å². The number of hydrogen-bond acceptors (Lipinski definition) is 6. The van der Waals surface area contributed by atoms with Crippen LogP contribution in [0.2, 0.25) is 0 Å². The molecule has 0 aliphatic heterocycles. The summed E-state index contributed by atoms with van der Waals surface area (Å²) in [4.78, 5) is 21.6. The first kappa shape index (κ1) is 17.9. The summed E-state index contributed by atoms with van der Waals surface area (Å²) in [5, 5.41) is -0.206. The smallest absolute Gasteiger partial charge is 0.295 e. The number of methoxy groups -OCH3 is 1. The van der Waals surface area contributed by atoms with Crippen LogP contribution in [0.5, 0.6) is 5.75 Å². The van der Waals surface area contributed by atoms with Gasteiger partial charge in [0.2, 0.25) is 15.0 Å². The Balaban J connectivity index is 1.80. The van der Waals surface area contributed by atoms with E-state index in [-0.39, 0.29) is 17.5 Å². The number of pyridine rings is 1. The van der Waals surface area contributed by atoms with Crippen molar-refractivity contribution in [1.29, 1.82) is 0 Å². The fourth-order valence-corrected chi connectivity index (χ4v) is 3.26. The number of carbonyl (C=O) groups is 1. The molecular formula is C17H17N3O5S. The highest BCUT2D eigenvalue weighted by Crippen LogP contribution is 2.19. The van der Waals surface area contributed by atoms with Crippen molar-refractivity contribution in [3.63, 3.8) is 0 Å². The average molecular weight is 375 g/mol. The van der Waals surface area contributed by atoms with Crippen molar-refractivity contribution in [2.45, 2.75) is 11.8 Å². The van der Waals surface area contributed by atoms with E-state index in [1.807, 2.05) is 12.1 Å². The molecule has 0 spiro atoms. The summed E-state index contributed by atoms with van der Waals surface area (Å²) in [6, 6.07) is 12.2. The lowest BCUT2D eigenvalue weighted by molar-refractivity contribution is 0.0224. The Kier molecular flexibility index (Phi) is 4.92. The SMILES string of the molecule is COc1ccccc1CONC(=O)c1nc(S(C)(=O)=O)n2ccccc12. The Bertz CT molecular complexity index is 1060. The van der Waals surface area contributed by atoms with Crippen LogP contribution in [-0.4, -0.2) is 37.1 Å². The van der Waals surface area contributed by atoms with Gasteiger partial charge in [-0.3, -0.25) is 14.0 Å². The van der Waals surface area contributed by atoms with Gasteiger partial charge in [0.15, 0.2) is 5.69 Å². The number of carbonyl (C=O) groups excluding carboxylic acids is 1. The molecule has 26 heavy (non-hydrogen) atoms. The summed E-state index contributed by atoms with van der Waals surface area (Å²) >= 11 is 0. The molecule has 8 nitrogen and oxygen atoms in total. The largest absolute Gasteiger partial charge is 0.496 e. The molecule has 136 valence electrons. The van der Waals surface area contributed by atoms with Crippen LogP contribution in [-0.2, 0) is 21.3 Å². The Hall–Kier alpha value is -2.91. The second kappa shape index (κ2) is 7.14. The molecule has 3 aromatic rings. The van der Waals surface area contributed by atoms with E-state index in [0.29, 0.717) is 11.3 Å². The van der Waals surface area contributed by atoms with Gasteiger partial charge in [0.25, 0.3) is 5.91 Å². The molecule has 0 bridgehead atoms. The van der Waals surface area contributed by atoms with Gasteiger partial charge in [0.05, 0.1) is 12.6 Å². The molecule has 1 amide bonds. The number of aromatic nitrogens is 2. The summed E-state index contributed by atoms with van der Waals surface area (Å²) < 4.78 is 30.3. The molecule has 1 N–H and O–H groups in total. The van der Waals surface area contributed by atoms with Gasteiger partial charge in [0, 0.05) is 18.0 Å². The van der Waals surface area contributed by atoms with Crippen LogP contribution < -0.4 is 10.2 Å². The first-order valence-electron chi connectivity index (χ1n) is 7.63. The molecule has 0 atom stereocenters. The summed E-state index contributed by atoms with van der Waals surface area (Å²) in [6.07, 6.45) is 2.57. The standard InChI is InChI=1S/C17H17N3O5S/c1-24-14-9-4-3-7-12(14)11-25-19-16(21)15-13-8-5-6-10-20(13)17(18-15)26(2,22)23/h3-10H,11H2,1-2H3,(H,19,21). The highest BCUT2D eigenvalue weighted by atomic mass is 32.2. The van der Waals surface area contributed by atoms with E-state index in [0.717, 1.165) is 11.8 Å². The highest BCUT2D eigenvalue weighted by molar-refractivity contribution is 7.90. The van der Waals surface area contributed by atoms with Crippen LogP contribution >= 0.6 is 0 Å². The number of hydrogen-bond donors (Lipinski definition) is 1. The van der Waals surface area contributed by atoms with Crippen molar-refractivity contribution in [2.24, 2.45) is 0 Å².